The van der Waals surface area contributed by atoms with Crippen molar-refractivity contribution in [1.29, 1.82) is 0 Å². The maximum atomic E-state index is 6.07. The number of anilines is 1. The van der Waals surface area contributed by atoms with Crippen molar-refractivity contribution in [3.63, 3.8) is 0 Å². The molecule has 2 aromatic heterocycles. The second-order valence-corrected chi connectivity index (χ2v) is 9.41. The van der Waals surface area contributed by atoms with Crippen LogP contribution in [0.4, 0.5) is 5.95 Å². The Balaban J connectivity index is 1.31. The Labute approximate surface area is 192 Å². The average molecular weight is 487 g/mol. The third-order valence-corrected chi connectivity index (χ3v) is 5.93. The van der Waals surface area contributed by atoms with Crippen LogP contribution in [-0.2, 0) is 13.1 Å². The maximum absolute atomic E-state index is 6.07. The van der Waals surface area contributed by atoms with Crippen LogP contribution in [0, 0.1) is 5.92 Å². The minimum absolute atomic E-state index is 0.569. The van der Waals surface area contributed by atoms with Gasteiger partial charge in [0.25, 0.3) is 0 Å². The van der Waals surface area contributed by atoms with Crippen molar-refractivity contribution in [2.75, 3.05) is 52.7 Å². The first-order valence-electron chi connectivity index (χ1n) is 10.8. The first-order chi connectivity index (χ1) is 15.0. The predicted octanol–water partition coefficient (Wildman–Crippen LogP) is 3.70. The Morgan fingerprint density at radius 2 is 2.06 bits per heavy atom. The quantitative estimate of drug-likeness (QED) is 0.367. The Hall–Kier alpha value is -2.16. The molecule has 0 spiro atoms. The van der Waals surface area contributed by atoms with Gasteiger partial charge in [0, 0.05) is 44.7 Å². The van der Waals surface area contributed by atoms with Gasteiger partial charge in [-0.2, -0.15) is 0 Å². The van der Waals surface area contributed by atoms with Gasteiger partial charge in [0.05, 0.1) is 23.3 Å². The van der Waals surface area contributed by atoms with E-state index in [4.69, 9.17) is 9.72 Å². The molecule has 1 unspecified atom stereocenters. The molecule has 3 heterocycles. The Bertz CT molecular complexity index is 1020. The predicted molar refractivity (Wildman–Crippen MR) is 129 cm³/mol. The van der Waals surface area contributed by atoms with Crippen LogP contribution in [0.15, 0.2) is 41.0 Å². The SMILES string of the molecule is CN(C)CC1CNc2nc3ccc(OCCCN(C)Cc4cccc(Br)n4)cc3n2C1. The third kappa shape index (κ3) is 5.75. The molecule has 166 valence electrons. The summed E-state index contributed by atoms with van der Waals surface area (Å²) in [6, 6.07) is 12.2. The topological polar surface area (TPSA) is 58.5 Å². The molecule has 0 saturated heterocycles. The molecule has 1 aromatic carbocycles. The monoisotopic (exact) mass is 486 g/mol. The van der Waals surface area contributed by atoms with Gasteiger partial charge < -0.3 is 24.4 Å². The zero-order chi connectivity index (χ0) is 21.8. The summed E-state index contributed by atoms with van der Waals surface area (Å²) >= 11 is 3.43. The molecule has 1 atom stereocenters. The zero-order valence-corrected chi connectivity index (χ0v) is 20.1. The normalized spacial score (nSPS) is 16.0. The molecule has 0 fully saturated rings. The molecule has 0 radical (unpaired) electrons. The fraction of sp³-hybridized carbons (Fsp3) is 0.478. The molecule has 1 N–H and O–H groups in total. The summed E-state index contributed by atoms with van der Waals surface area (Å²) in [4.78, 5) is 13.8. The molecule has 0 saturated carbocycles. The van der Waals surface area contributed by atoms with E-state index in [1.165, 1.54) is 0 Å². The van der Waals surface area contributed by atoms with Crippen molar-refractivity contribution >= 4 is 32.9 Å². The minimum atomic E-state index is 0.569. The molecule has 8 heteroatoms. The van der Waals surface area contributed by atoms with E-state index in [0.717, 1.165) is 72.2 Å². The number of hydrogen-bond donors (Lipinski definition) is 1. The summed E-state index contributed by atoms with van der Waals surface area (Å²) in [5, 5.41) is 3.49. The lowest BCUT2D eigenvalue weighted by Crippen LogP contribution is -2.34. The highest BCUT2D eigenvalue weighted by Gasteiger charge is 2.22. The lowest BCUT2D eigenvalue weighted by molar-refractivity contribution is 0.257. The van der Waals surface area contributed by atoms with E-state index in [1.54, 1.807) is 0 Å². The number of imidazole rings is 1. The molecule has 0 amide bonds. The van der Waals surface area contributed by atoms with Crippen molar-refractivity contribution in [3.8, 4) is 5.75 Å². The summed E-state index contributed by atoms with van der Waals surface area (Å²) in [6.07, 6.45) is 0.958. The number of fused-ring (bicyclic) bond motifs is 3. The highest BCUT2D eigenvalue weighted by Crippen LogP contribution is 2.28. The van der Waals surface area contributed by atoms with Crippen LogP contribution in [0.1, 0.15) is 12.1 Å². The number of rotatable bonds is 9. The summed E-state index contributed by atoms with van der Waals surface area (Å²) in [5.74, 6) is 2.44. The fourth-order valence-corrected chi connectivity index (χ4v) is 4.51. The maximum Gasteiger partial charge on any atom is 0.203 e. The lowest BCUT2D eigenvalue weighted by atomic mass is 10.1. The molecule has 4 rings (SSSR count). The molecule has 0 bridgehead atoms. The number of pyridine rings is 1. The molecular formula is C23H31BrN6O. The number of halogens is 1. The summed E-state index contributed by atoms with van der Waals surface area (Å²) < 4.78 is 9.23. The van der Waals surface area contributed by atoms with Gasteiger partial charge in [-0.1, -0.05) is 6.07 Å². The molecule has 31 heavy (non-hydrogen) atoms. The first kappa shape index (κ1) is 22.0. The van der Waals surface area contributed by atoms with Crippen molar-refractivity contribution < 1.29 is 4.74 Å². The summed E-state index contributed by atoms with van der Waals surface area (Å²) in [5.41, 5.74) is 3.22. The van der Waals surface area contributed by atoms with E-state index < -0.39 is 0 Å². The van der Waals surface area contributed by atoms with Crippen molar-refractivity contribution in [2.45, 2.75) is 19.5 Å². The van der Waals surface area contributed by atoms with Crippen LogP contribution in [0.25, 0.3) is 11.0 Å². The highest BCUT2D eigenvalue weighted by atomic mass is 79.9. The van der Waals surface area contributed by atoms with Gasteiger partial charge in [0.1, 0.15) is 10.4 Å². The van der Waals surface area contributed by atoms with E-state index in [2.05, 4.69) is 79.9 Å². The van der Waals surface area contributed by atoms with E-state index in [1.807, 2.05) is 18.2 Å². The van der Waals surface area contributed by atoms with Crippen LogP contribution >= 0.6 is 15.9 Å². The van der Waals surface area contributed by atoms with Gasteiger partial charge in [-0.3, -0.25) is 0 Å². The van der Waals surface area contributed by atoms with Crippen LogP contribution in [-0.4, -0.2) is 71.7 Å². The number of ether oxygens (including phenoxy) is 1. The van der Waals surface area contributed by atoms with Gasteiger partial charge in [-0.25, -0.2) is 9.97 Å². The van der Waals surface area contributed by atoms with Crippen LogP contribution < -0.4 is 10.1 Å². The fourth-order valence-electron chi connectivity index (χ4n) is 4.13. The molecule has 0 aliphatic carbocycles. The number of benzene rings is 1. The Kier molecular flexibility index (Phi) is 7.09. The Morgan fingerprint density at radius 1 is 1.19 bits per heavy atom. The lowest BCUT2D eigenvalue weighted by Gasteiger charge is -2.27. The van der Waals surface area contributed by atoms with E-state index in [-0.39, 0.29) is 0 Å². The molecule has 1 aliphatic heterocycles. The number of aromatic nitrogens is 3. The average Bonchev–Trinajstić information content (AvgIpc) is 3.08. The highest BCUT2D eigenvalue weighted by molar-refractivity contribution is 9.10. The van der Waals surface area contributed by atoms with Crippen molar-refractivity contribution in [1.82, 2.24) is 24.3 Å². The van der Waals surface area contributed by atoms with Gasteiger partial charge in [0.15, 0.2) is 0 Å². The first-order valence-corrected chi connectivity index (χ1v) is 11.6. The van der Waals surface area contributed by atoms with Crippen LogP contribution in [0.5, 0.6) is 5.75 Å². The Morgan fingerprint density at radius 3 is 2.87 bits per heavy atom. The minimum Gasteiger partial charge on any atom is -0.493 e. The molecule has 7 nitrogen and oxygen atoms in total. The largest absolute Gasteiger partial charge is 0.493 e. The second kappa shape index (κ2) is 9.97. The molecular weight excluding hydrogens is 456 g/mol. The van der Waals surface area contributed by atoms with Gasteiger partial charge in [-0.15, -0.1) is 0 Å². The summed E-state index contributed by atoms with van der Waals surface area (Å²) in [7, 11) is 6.37. The van der Waals surface area contributed by atoms with Crippen molar-refractivity contribution in [3.05, 3.63) is 46.7 Å². The standard InChI is InChI=1S/C23H31BrN6O/c1-28(2)14-17-13-25-23-27-20-9-8-19(12-21(20)30(23)15-17)31-11-5-10-29(3)16-18-6-4-7-22(24)26-18/h4,6-9,12,17H,5,10-11,13-16H2,1-3H3,(H,25,27). The van der Waals surface area contributed by atoms with E-state index >= 15 is 0 Å². The van der Waals surface area contributed by atoms with E-state index in [9.17, 15) is 0 Å². The molecule has 1 aliphatic rings. The van der Waals surface area contributed by atoms with Gasteiger partial charge in [0.2, 0.25) is 5.95 Å². The summed E-state index contributed by atoms with van der Waals surface area (Å²) in [6.45, 7) is 5.47. The number of nitrogens with one attached hydrogen (secondary N) is 1. The number of hydrogen-bond acceptors (Lipinski definition) is 6. The second-order valence-electron chi connectivity index (χ2n) is 8.60. The third-order valence-electron chi connectivity index (χ3n) is 5.49. The van der Waals surface area contributed by atoms with Crippen molar-refractivity contribution in [2.24, 2.45) is 5.92 Å². The number of nitrogens with zero attached hydrogens (tertiary/aromatic N) is 5. The molecule has 3 aromatic rings. The van der Waals surface area contributed by atoms with Crippen LogP contribution in [0.3, 0.4) is 0 Å². The zero-order valence-electron chi connectivity index (χ0n) is 18.5. The van der Waals surface area contributed by atoms with E-state index in [0.29, 0.717) is 12.5 Å². The smallest absolute Gasteiger partial charge is 0.203 e. The van der Waals surface area contributed by atoms with Crippen LogP contribution in [0.2, 0.25) is 0 Å². The van der Waals surface area contributed by atoms with Gasteiger partial charge in [-0.05, 0) is 67.8 Å². The van der Waals surface area contributed by atoms with Gasteiger partial charge >= 0.3 is 0 Å².